The number of aryl methyl sites for hydroxylation is 2. The summed E-state index contributed by atoms with van der Waals surface area (Å²) in [5.74, 6) is 0.0185. The average Bonchev–Trinajstić information content (AvgIpc) is 3.08. The van der Waals surface area contributed by atoms with Gasteiger partial charge in [-0.05, 0) is 82.9 Å². The molecule has 0 unspecified atom stereocenters. The van der Waals surface area contributed by atoms with E-state index in [4.69, 9.17) is 9.84 Å². The van der Waals surface area contributed by atoms with Crippen LogP contribution in [0, 0.1) is 6.92 Å². The van der Waals surface area contributed by atoms with E-state index < -0.39 is 5.97 Å². The van der Waals surface area contributed by atoms with E-state index in [0.29, 0.717) is 13.0 Å². The molecule has 2 aromatic carbocycles. The van der Waals surface area contributed by atoms with Crippen molar-refractivity contribution in [2.75, 3.05) is 6.61 Å². The van der Waals surface area contributed by atoms with Crippen molar-refractivity contribution in [2.24, 2.45) is 0 Å². The second kappa shape index (κ2) is 8.54. The van der Waals surface area contributed by atoms with Gasteiger partial charge in [0, 0.05) is 6.42 Å². The Balaban J connectivity index is 1.68. The highest BCUT2D eigenvalue weighted by atomic mass is 79.9. The zero-order valence-corrected chi connectivity index (χ0v) is 16.5. The first-order chi connectivity index (χ1) is 12.5. The van der Waals surface area contributed by atoms with Gasteiger partial charge in [0.1, 0.15) is 12.4 Å². The maximum Gasteiger partial charge on any atom is 0.303 e. The van der Waals surface area contributed by atoms with E-state index in [9.17, 15) is 4.79 Å². The van der Waals surface area contributed by atoms with Crippen molar-refractivity contribution in [3.63, 3.8) is 0 Å². The maximum absolute atomic E-state index is 10.7. The molecule has 0 aromatic heterocycles. The number of carboxylic acids is 1. The Morgan fingerprint density at radius 1 is 1.15 bits per heavy atom. The van der Waals surface area contributed by atoms with Crippen LogP contribution in [-0.4, -0.2) is 17.7 Å². The van der Waals surface area contributed by atoms with Gasteiger partial charge >= 0.3 is 5.97 Å². The Hall–Kier alpha value is -2.07. The van der Waals surface area contributed by atoms with E-state index >= 15 is 0 Å². The molecule has 0 aliphatic heterocycles. The maximum atomic E-state index is 10.7. The van der Waals surface area contributed by atoms with Crippen molar-refractivity contribution in [1.82, 2.24) is 0 Å². The topological polar surface area (TPSA) is 46.5 Å². The molecule has 0 radical (unpaired) electrons. The molecule has 136 valence electrons. The average molecular weight is 415 g/mol. The van der Waals surface area contributed by atoms with Gasteiger partial charge in [-0.3, -0.25) is 4.79 Å². The lowest BCUT2D eigenvalue weighted by Gasteiger charge is -2.12. The van der Waals surface area contributed by atoms with Gasteiger partial charge in [0.2, 0.25) is 0 Å². The molecule has 2 aromatic rings. The fraction of sp³-hybridized carbons (Fsp3) is 0.318. The molecule has 0 atom stereocenters. The molecule has 0 amide bonds. The van der Waals surface area contributed by atoms with Crippen LogP contribution in [-0.2, 0) is 11.2 Å². The van der Waals surface area contributed by atoms with Gasteiger partial charge in [-0.25, -0.2) is 0 Å². The van der Waals surface area contributed by atoms with Crippen molar-refractivity contribution in [2.45, 2.75) is 39.0 Å². The van der Waals surface area contributed by atoms with Crippen LogP contribution in [0.3, 0.4) is 0 Å². The molecule has 0 saturated carbocycles. The summed E-state index contributed by atoms with van der Waals surface area (Å²) in [7, 11) is 0. The van der Waals surface area contributed by atoms with Gasteiger partial charge in [0.05, 0.1) is 4.47 Å². The Morgan fingerprint density at radius 2 is 1.92 bits per heavy atom. The Kier molecular flexibility index (Phi) is 6.15. The van der Waals surface area contributed by atoms with Crippen molar-refractivity contribution in [1.29, 1.82) is 0 Å². The molecular formula is C22H23BrO3. The van der Waals surface area contributed by atoms with Crippen LogP contribution < -0.4 is 4.74 Å². The standard InChI is InChI=1S/C22H23BrO3/c1-15-5-9-17(10-6-15)19-4-2-3-18(19)14-26-21-11-7-16(13-20(21)23)8-12-22(24)25/h5-7,9-11,13H,2-4,8,12,14H2,1H3,(H,24,25). The number of carbonyl (C=O) groups is 1. The molecule has 1 aliphatic carbocycles. The molecule has 0 bridgehead atoms. The number of hydrogen-bond acceptors (Lipinski definition) is 2. The second-order valence-electron chi connectivity index (χ2n) is 6.75. The number of allylic oxidation sites excluding steroid dienone is 1. The highest BCUT2D eigenvalue weighted by Crippen LogP contribution is 2.35. The highest BCUT2D eigenvalue weighted by Gasteiger charge is 2.17. The van der Waals surface area contributed by atoms with Crippen molar-refractivity contribution < 1.29 is 14.6 Å². The molecule has 0 fully saturated rings. The third kappa shape index (κ3) is 4.76. The molecule has 26 heavy (non-hydrogen) atoms. The highest BCUT2D eigenvalue weighted by molar-refractivity contribution is 9.10. The van der Waals surface area contributed by atoms with Crippen molar-refractivity contribution >= 4 is 27.5 Å². The minimum absolute atomic E-state index is 0.138. The number of halogens is 1. The van der Waals surface area contributed by atoms with Crippen LogP contribution in [0.15, 0.2) is 52.5 Å². The zero-order valence-electron chi connectivity index (χ0n) is 14.9. The molecule has 1 N–H and O–H groups in total. The van der Waals surface area contributed by atoms with Crippen LogP contribution in [0.5, 0.6) is 5.75 Å². The van der Waals surface area contributed by atoms with Crippen LogP contribution in [0.2, 0.25) is 0 Å². The Labute approximate surface area is 162 Å². The third-order valence-electron chi connectivity index (χ3n) is 4.76. The smallest absolute Gasteiger partial charge is 0.303 e. The van der Waals surface area contributed by atoms with Crippen LogP contribution in [0.4, 0.5) is 0 Å². The van der Waals surface area contributed by atoms with Gasteiger partial charge in [0.15, 0.2) is 0 Å². The summed E-state index contributed by atoms with van der Waals surface area (Å²) in [5.41, 5.74) is 6.36. The summed E-state index contributed by atoms with van der Waals surface area (Å²) in [5, 5.41) is 8.80. The Morgan fingerprint density at radius 3 is 2.62 bits per heavy atom. The molecule has 3 nitrogen and oxygen atoms in total. The first-order valence-corrected chi connectivity index (χ1v) is 9.73. The molecule has 3 rings (SSSR count). The Bertz CT molecular complexity index is 822. The number of hydrogen-bond donors (Lipinski definition) is 1. The van der Waals surface area contributed by atoms with Gasteiger partial charge < -0.3 is 9.84 Å². The summed E-state index contributed by atoms with van der Waals surface area (Å²) in [6.45, 7) is 2.70. The number of rotatable bonds is 7. The quantitative estimate of drug-likeness (QED) is 0.623. The SMILES string of the molecule is Cc1ccc(C2=C(COc3ccc(CCC(=O)O)cc3Br)CCC2)cc1. The summed E-state index contributed by atoms with van der Waals surface area (Å²) < 4.78 is 6.93. The largest absolute Gasteiger partial charge is 0.488 e. The van der Waals surface area contributed by atoms with Crippen molar-refractivity contribution in [3.05, 3.63) is 69.2 Å². The molecule has 0 saturated heterocycles. The molecule has 0 spiro atoms. The molecule has 0 heterocycles. The lowest BCUT2D eigenvalue weighted by atomic mass is 10.0. The van der Waals surface area contributed by atoms with Gasteiger partial charge in [-0.2, -0.15) is 0 Å². The van der Waals surface area contributed by atoms with E-state index in [1.165, 1.54) is 28.7 Å². The van der Waals surface area contributed by atoms with E-state index in [-0.39, 0.29) is 6.42 Å². The normalized spacial score (nSPS) is 13.9. The number of ether oxygens (including phenoxy) is 1. The first kappa shape index (κ1) is 18.7. The van der Waals surface area contributed by atoms with E-state index in [1.807, 2.05) is 18.2 Å². The first-order valence-electron chi connectivity index (χ1n) is 8.94. The molecule has 4 heteroatoms. The second-order valence-corrected chi connectivity index (χ2v) is 7.60. The minimum Gasteiger partial charge on any atom is -0.488 e. The van der Waals surface area contributed by atoms with Gasteiger partial charge in [-0.1, -0.05) is 35.9 Å². The van der Waals surface area contributed by atoms with E-state index in [1.54, 1.807) is 0 Å². The molecular weight excluding hydrogens is 392 g/mol. The number of benzene rings is 2. The van der Waals surface area contributed by atoms with Gasteiger partial charge in [-0.15, -0.1) is 0 Å². The number of carboxylic acid groups (broad SMARTS) is 1. The van der Waals surface area contributed by atoms with E-state index in [2.05, 4.69) is 47.1 Å². The summed E-state index contributed by atoms with van der Waals surface area (Å²) in [6.07, 6.45) is 4.03. The predicted octanol–water partition coefficient (Wildman–Crippen LogP) is 5.79. The fourth-order valence-corrected chi connectivity index (χ4v) is 3.84. The lowest BCUT2D eigenvalue weighted by molar-refractivity contribution is -0.136. The summed E-state index contributed by atoms with van der Waals surface area (Å²) in [4.78, 5) is 10.7. The van der Waals surface area contributed by atoms with E-state index in [0.717, 1.165) is 28.6 Å². The lowest BCUT2D eigenvalue weighted by Crippen LogP contribution is -2.02. The summed E-state index contributed by atoms with van der Waals surface area (Å²) >= 11 is 3.54. The monoisotopic (exact) mass is 414 g/mol. The van der Waals surface area contributed by atoms with Crippen LogP contribution >= 0.6 is 15.9 Å². The van der Waals surface area contributed by atoms with Gasteiger partial charge in [0.25, 0.3) is 0 Å². The number of aliphatic carboxylic acids is 1. The predicted molar refractivity (Wildman–Crippen MR) is 108 cm³/mol. The summed E-state index contributed by atoms with van der Waals surface area (Å²) in [6, 6.07) is 14.5. The van der Waals surface area contributed by atoms with Crippen LogP contribution in [0.1, 0.15) is 42.4 Å². The fourth-order valence-electron chi connectivity index (χ4n) is 3.30. The zero-order chi connectivity index (χ0) is 18.5. The van der Waals surface area contributed by atoms with Crippen molar-refractivity contribution in [3.8, 4) is 5.75 Å². The third-order valence-corrected chi connectivity index (χ3v) is 5.38. The van der Waals surface area contributed by atoms with Crippen LogP contribution in [0.25, 0.3) is 5.57 Å². The minimum atomic E-state index is -0.779. The molecule has 1 aliphatic rings.